The Morgan fingerprint density at radius 3 is 2.54 bits per heavy atom. The third-order valence-electron chi connectivity index (χ3n) is 3.40. The highest BCUT2D eigenvalue weighted by Gasteiger charge is 2.13. The van der Waals surface area contributed by atoms with Gasteiger partial charge in [-0.2, -0.15) is 5.26 Å². The summed E-state index contributed by atoms with van der Waals surface area (Å²) in [5.41, 5.74) is -0.740. The van der Waals surface area contributed by atoms with Crippen molar-refractivity contribution >= 4 is 17.5 Å². The van der Waals surface area contributed by atoms with Crippen LogP contribution in [0.3, 0.4) is 0 Å². The molecule has 1 aromatic heterocycles. The zero-order chi connectivity index (χ0) is 17.7. The van der Waals surface area contributed by atoms with Gasteiger partial charge in [-0.3, -0.25) is 14.2 Å². The fourth-order valence-electron chi connectivity index (χ4n) is 2.10. The minimum atomic E-state index is -0.770. The van der Waals surface area contributed by atoms with E-state index in [4.69, 9.17) is 16.9 Å². The quantitative estimate of drug-likeness (QED) is 0.868. The Kier molecular flexibility index (Phi) is 5.55. The van der Waals surface area contributed by atoms with E-state index in [0.29, 0.717) is 11.6 Å². The lowest BCUT2D eigenvalue weighted by Gasteiger charge is -2.10. The Hall–Kier alpha value is -2.85. The summed E-state index contributed by atoms with van der Waals surface area (Å²) in [6.07, 6.45) is 1.20. The predicted octanol–water partition coefficient (Wildman–Crippen LogP) is 0.871. The van der Waals surface area contributed by atoms with Gasteiger partial charge in [-0.05, 0) is 24.6 Å². The summed E-state index contributed by atoms with van der Waals surface area (Å²) in [7, 11) is 0. The molecule has 0 aliphatic rings. The van der Waals surface area contributed by atoms with Crippen molar-refractivity contribution in [1.29, 1.82) is 5.26 Å². The van der Waals surface area contributed by atoms with E-state index in [1.807, 2.05) is 0 Å². The van der Waals surface area contributed by atoms with E-state index >= 15 is 0 Å². The highest BCUT2D eigenvalue weighted by molar-refractivity contribution is 6.30. The van der Waals surface area contributed by atoms with Gasteiger partial charge in [0.1, 0.15) is 18.2 Å². The summed E-state index contributed by atoms with van der Waals surface area (Å²) in [5, 5.41) is 12.2. The molecule has 1 N–H and O–H groups in total. The molecule has 0 bridgehead atoms. The molecule has 0 aliphatic carbocycles. The summed E-state index contributed by atoms with van der Waals surface area (Å²) in [4.78, 5) is 36.3. The number of carbonyl (C=O) groups excluding carboxylic acids is 1. The average molecular weight is 347 g/mol. The lowest BCUT2D eigenvalue weighted by Crippen LogP contribution is -2.44. The molecule has 124 valence electrons. The first-order valence-electron chi connectivity index (χ1n) is 7.21. The van der Waals surface area contributed by atoms with Gasteiger partial charge < -0.3 is 5.32 Å². The molecular formula is C16H15ClN4O3. The molecule has 0 unspecified atom stereocenters. The Balaban J connectivity index is 2.17. The van der Waals surface area contributed by atoms with Crippen molar-refractivity contribution in [3.63, 3.8) is 0 Å². The van der Waals surface area contributed by atoms with Crippen LogP contribution in [-0.4, -0.2) is 15.0 Å². The second-order valence-corrected chi connectivity index (χ2v) is 5.45. The number of amides is 1. The minimum absolute atomic E-state index is 0.179. The van der Waals surface area contributed by atoms with Crippen molar-refractivity contribution in [1.82, 2.24) is 14.5 Å². The summed E-state index contributed by atoms with van der Waals surface area (Å²) < 4.78 is 1.98. The van der Waals surface area contributed by atoms with E-state index in [2.05, 4.69) is 5.32 Å². The maximum atomic E-state index is 12.2. The number of halogens is 1. The molecule has 1 heterocycles. The van der Waals surface area contributed by atoms with Gasteiger partial charge in [-0.15, -0.1) is 0 Å². The Morgan fingerprint density at radius 1 is 1.29 bits per heavy atom. The van der Waals surface area contributed by atoms with Crippen LogP contribution >= 0.6 is 11.6 Å². The number of benzene rings is 1. The highest BCUT2D eigenvalue weighted by Crippen LogP contribution is 2.08. The molecule has 0 aliphatic heterocycles. The number of rotatable bonds is 5. The second-order valence-electron chi connectivity index (χ2n) is 5.02. The number of nitriles is 1. The number of hydrogen-bond acceptors (Lipinski definition) is 4. The predicted molar refractivity (Wildman–Crippen MR) is 88.6 cm³/mol. The number of aryl methyl sites for hydroxylation is 1. The molecular weight excluding hydrogens is 332 g/mol. The molecule has 1 amide bonds. The summed E-state index contributed by atoms with van der Waals surface area (Å²) in [6, 6.07) is 8.65. The monoisotopic (exact) mass is 346 g/mol. The van der Waals surface area contributed by atoms with Crippen molar-refractivity contribution in [3.05, 3.63) is 67.4 Å². The van der Waals surface area contributed by atoms with Gasteiger partial charge in [-0.25, -0.2) is 9.36 Å². The lowest BCUT2D eigenvalue weighted by atomic mass is 10.2. The first-order chi connectivity index (χ1) is 11.5. The van der Waals surface area contributed by atoms with Crippen molar-refractivity contribution in [2.75, 3.05) is 0 Å². The van der Waals surface area contributed by atoms with Crippen LogP contribution in [0, 0.1) is 11.3 Å². The second kappa shape index (κ2) is 7.62. The SMILES string of the molecule is CCn1cc(C#N)c(=O)n(CC(=O)NCc2ccc(Cl)cc2)c1=O. The van der Waals surface area contributed by atoms with Gasteiger partial charge in [0.2, 0.25) is 5.91 Å². The van der Waals surface area contributed by atoms with Gasteiger partial charge in [0, 0.05) is 24.3 Å². The summed E-state index contributed by atoms with van der Waals surface area (Å²) in [6.45, 7) is 1.80. The van der Waals surface area contributed by atoms with E-state index < -0.39 is 23.7 Å². The number of hydrogen-bond donors (Lipinski definition) is 1. The third-order valence-corrected chi connectivity index (χ3v) is 3.65. The van der Waals surface area contributed by atoms with E-state index in [-0.39, 0.29) is 12.1 Å². The van der Waals surface area contributed by atoms with Crippen molar-refractivity contribution in [2.24, 2.45) is 0 Å². The molecule has 0 fully saturated rings. The molecule has 7 nitrogen and oxygen atoms in total. The van der Waals surface area contributed by atoms with E-state index in [1.165, 1.54) is 10.8 Å². The van der Waals surface area contributed by atoms with Gasteiger partial charge >= 0.3 is 5.69 Å². The maximum Gasteiger partial charge on any atom is 0.331 e. The van der Waals surface area contributed by atoms with Crippen LogP contribution in [0.5, 0.6) is 0 Å². The average Bonchev–Trinajstić information content (AvgIpc) is 2.58. The number of nitrogens with one attached hydrogen (secondary N) is 1. The fraction of sp³-hybridized carbons (Fsp3) is 0.250. The molecule has 1 aromatic carbocycles. The first kappa shape index (κ1) is 17.5. The number of carbonyl (C=O) groups is 1. The molecule has 0 spiro atoms. The van der Waals surface area contributed by atoms with Gasteiger partial charge in [0.05, 0.1) is 0 Å². The van der Waals surface area contributed by atoms with E-state index in [0.717, 1.165) is 10.1 Å². The molecule has 8 heteroatoms. The largest absolute Gasteiger partial charge is 0.350 e. The first-order valence-corrected chi connectivity index (χ1v) is 7.59. The van der Waals surface area contributed by atoms with Crippen LogP contribution in [-0.2, 0) is 24.4 Å². The Bertz CT molecular complexity index is 907. The molecule has 2 aromatic rings. The van der Waals surface area contributed by atoms with Gasteiger partial charge in [-0.1, -0.05) is 23.7 Å². The molecule has 2 rings (SSSR count). The number of aromatic nitrogens is 2. The molecule has 0 saturated heterocycles. The highest BCUT2D eigenvalue weighted by atomic mass is 35.5. The van der Waals surface area contributed by atoms with Crippen molar-refractivity contribution in [2.45, 2.75) is 26.6 Å². The van der Waals surface area contributed by atoms with Crippen LogP contribution in [0.2, 0.25) is 5.02 Å². The standard InChI is InChI=1S/C16H15ClN4O3/c1-2-20-9-12(7-18)15(23)21(16(20)24)10-14(22)19-8-11-3-5-13(17)6-4-11/h3-6,9H,2,8,10H2,1H3,(H,19,22). The van der Waals surface area contributed by atoms with Gasteiger partial charge in [0.25, 0.3) is 5.56 Å². The van der Waals surface area contributed by atoms with Crippen LogP contribution in [0.15, 0.2) is 40.1 Å². The third kappa shape index (κ3) is 3.91. The van der Waals surface area contributed by atoms with E-state index in [1.54, 1.807) is 37.3 Å². The summed E-state index contributed by atoms with van der Waals surface area (Å²) in [5.74, 6) is -0.498. The zero-order valence-electron chi connectivity index (χ0n) is 13.0. The smallest absolute Gasteiger partial charge is 0.331 e. The van der Waals surface area contributed by atoms with Crippen molar-refractivity contribution in [3.8, 4) is 6.07 Å². The van der Waals surface area contributed by atoms with Crippen LogP contribution in [0.25, 0.3) is 0 Å². The summed E-state index contributed by atoms with van der Waals surface area (Å²) >= 11 is 5.78. The molecule has 0 atom stereocenters. The maximum absolute atomic E-state index is 12.2. The van der Waals surface area contributed by atoms with E-state index in [9.17, 15) is 14.4 Å². The zero-order valence-corrected chi connectivity index (χ0v) is 13.7. The van der Waals surface area contributed by atoms with Crippen LogP contribution in [0.4, 0.5) is 0 Å². The fourth-order valence-corrected chi connectivity index (χ4v) is 2.22. The van der Waals surface area contributed by atoms with Crippen LogP contribution < -0.4 is 16.6 Å². The Morgan fingerprint density at radius 2 is 1.96 bits per heavy atom. The topological polar surface area (TPSA) is 96.9 Å². The Labute approximate surface area is 142 Å². The molecule has 0 saturated carbocycles. The van der Waals surface area contributed by atoms with Crippen molar-refractivity contribution < 1.29 is 4.79 Å². The molecule has 24 heavy (non-hydrogen) atoms. The lowest BCUT2D eigenvalue weighted by molar-refractivity contribution is -0.121. The normalized spacial score (nSPS) is 10.2. The number of nitrogens with zero attached hydrogens (tertiary/aromatic N) is 3. The van der Waals surface area contributed by atoms with Gasteiger partial charge in [0.15, 0.2) is 0 Å². The minimum Gasteiger partial charge on any atom is -0.350 e. The van der Waals surface area contributed by atoms with Crippen LogP contribution in [0.1, 0.15) is 18.1 Å². The molecule has 0 radical (unpaired) electrons.